The van der Waals surface area contributed by atoms with Gasteiger partial charge in [0.25, 0.3) is 5.91 Å². The lowest BCUT2D eigenvalue weighted by Gasteiger charge is -2.24. The standard InChI is InChI=1S/C40H42N4O5S/c1-3-4-21-48-22-23-49-35-15-10-29(11-16-35)31-12-17-37-33(25-31)26-32(18-20-43(37)27-36-24-28(2)42-50-36)40(46)41-34-13-8-30(9-14-34)39(45)38-7-5-6-19-44(38)47/h5-17,19,24-26,39,45H,3-4,18,20-23,27H2,1-2H3,(H,41,46)/t39-/m0/s1. The number of aromatic nitrogens is 2. The van der Waals surface area contributed by atoms with Gasteiger partial charge in [0.15, 0.2) is 12.3 Å². The number of nitrogens with zero attached hydrogens (tertiary/aromatic N) is 3. The molecule has 0 saturated heterocycles. The zero-order valence-electron chi connectivity index (χ0n) is 28.4. The zero-order chi connectivity index (χ0) is 34.9. The van der Waals surface area contributed by atoms with E-state index in [0.29, 0.717) is 54.3 Å². The minimum absolute atomic E-state index is 0.189. The van der Waals surface area contributed by atoms with Gasteiger partial charge in [-0.15, -0.1) is 0 Å². The fourth-order valence-corrected chi connectivity index (χ4v) is 6.64. The number of nitrogens with one attached hydrogen (secondary N) is 1. The summed E-state index contributed by atoms with van der Waals surface area (Å²) in [5, 5.41) is 25.9. The highest BCUT2D eigenvalue weighted by atomic mass is 32.1. The number of carbonyl (C=O) groups excluding carboxylic acids is 1. The van der Waals surface area contributed by atoms with Crippen molar-refractivity contribution in [2.45, 2.75) is 45.8 Å². The molecular formula is C40H42N4O5S. The van der Waals surface area contributed by atoms with E-state index in [2.05, 4.69) is 57.9 Å². The number of benzene rings is 3. The van der Waals surface area contributed by atoms with Gasteiger partial charge >= 0.3 is 0 Å². The van der Waals surface area contributed by atoms with Gasteiger partial charge in [0.05, 0.1) is 18.8 Å². The topological polar surface area (TPSA) is 111 Å². The van der Waals surface area contributed by atoms with Crippen molar-refractivity contribution >= 4 is 34.9 Å². The molecule has 258 valence electrons. The molecule has 10 heteroatoms. The molecule has 0 aliphatic carbocycles. The zero-order valence-corrected chi connectivity index (χ0v) is 29.2. The fourth-order valence-electron chi connectivity index (χ4n) is 5.89. The Morgan fingerprint density at radius 1 is 1.02 bits per heavy atom. The van der Waals surface area contributed by atoms with Crippen molar-refractivity contribution in [1.29, 1.82) is 0 Å². The molecule has 1 aliphatic rings. The summed E-state index contributed by atoms with van der Waals surface area (Å²) < 4.78 is 16.6. The summed E-state index contributed by atoms with van der Waals surface area (Å²) in [5.41, 5.74) is 7.15. The van der Waals surface area contributed by atoms with Gasteiger partial charge in [0, 0.05) is 47.1 Å². The van der Waals surface area contributed by atoms with Crippen LogP contribution in [0.4, 0.5) is 11.4 Å². The van der Waals surface area contributed by atoms with Gasteiger partial charge in [-0.2, -0.15) is 9.10 Å². The van der Waals surface area contributed by atoms with Crippen LogP contribution in [0.2, 0.25) is 0 Å². The SMILES string of the molecule is CCCCOCCOc1ccc(-c2ccc3c(c2)C=C(C(=O)Nc2ccc([C@H](O)c4cccc[n+]4[O-])cc2)CCN3Cc2cc(C)ns2)cc1. The lowest BCUT2D eigenvalue weighted by molar-refractivity contribution is -0.617. The Hall–Kier alpha value is -5.03. The molecule has 0 unspecified atom stereocenters. The number of pyridine rings is 1. The average molecular weight is 691 g/mol. The first kappa shape index (κ1) is 34.8. The highest BCUT2D eigenvalue weighted by Crippen LogP contribution is 2.34. The number of ether oxygens (including phenoxy) is 2. The van der Waals surface area contributed by atoms with Crippen molar-refractivity contribution in [3.63, 3.8) is 0 Å². The number of aryl methyl sites for hydroxylation is 1. The van der Waals surface area contributed by atoms with E-state index >= 15 is 0 Å². The summed E-state index contributed by atoms with van der Waals surface area (Å²) in [7, 11) is 0. The number of aliphatic hydroxyl groups is 1. The molecule has 2 aromatic heterocycles. The first-order chi connectivity index (χ1) is 24.4. The number of hydrogen-bond donors (Lipinski definition) is 2. The summed E-state index contributed by atoms with van der Waals surface area (Å²) in [6.45, 7) is 7.34. The summed E-state index contributed by atoms with van der Waals surface area (Å²) in [4.78, 5) is 17.2. The van der Waals surface area contributed by atoms with Gasteiger partial charge in [-0.1, -0.05) is 43.7 Å². The van der Waals surface area contributed by atoms with Gasteiger partial charge in [-0.25, -0.2) is 0 Å². The van der Waals surface area contributed by atoms with Crippen LogP contribution in [0.3, 0.4) is 0 Å². The van der Waals surface area contributed by atoms with Crippen molar-refractivity contribution < 1.29 is 24.1 Å². The molecule has 50 heavy (non-hydrogen) atoms. The number of fused-ring (bicyclic) bond motifs is 1. The predicted octanol–water partition coefficient (Wildman–Crippen LogP) is 7.46. The number of rotatable bonds is 14. The van der Waals surface area contributed by atoms with Gasteiger partial charge in [0.2, 0.25) is 5.69 Å². The summed E-state index contributed by atoms with van der Waals surface area (Å²) in [6, 6.07) is 28.4. The van der Waals surface area contributed by atoms with Crippen LogP contribution in [0.1, 0.15) is 59.7 Å². The maximum absolute atomic E-state index is 13.7. The first-order valence-corrected chi connectivity index (χ1v) is 17.8. The second kappa shape index (κ2) is 16.6. The third-order valence-electron chi connectivity index (χ3n) is 8.61. The largest absolute Gasteiger partial charge is 0.618 e. The summed E-state index contributed by atoms with van der Waals surface area (Å²) in [5.74, 6) is 0.606. The Morgan fingerprint density at radius 3 is 2.56 bits per heavy atom. The lowest BCUT2D eigenvalue weighted by Crippen LogP contribution is -2.32. The molecule has 5 aromatic rings. The van der Waals surface area contributed by atoms with E-state index < -0.39 is 6.10 Å². The smallest absolute Gasteiger partial charge is 0.251 e. The Balaban J connectivity index is 1.20. The molecule has 1 aliphatic heterocycles. The number of amides is 1. The van der Waals surface area contributed by atoms with Crippen LogP contribution in [0, 0.1) is 12.1 Å². The number of carbonyl (C=O) groups is 1. The molecular weight excluding hydrogens is 649 g/mol. The van der Waals surface area contributed by atoms with Crippen molar-refractivity contribution in [1.82, 2.24) is 4.37 Å². The third-order valence-corrected chi connectivity index (χ3v) is 9.47. The first-order valence-electron chi connectivity index (χ1n) is 17.0. The highest BCUT2D eigenvalue weighted by molar-refractivity contribution is 7.05. The van der Waals surface area contributed by atoms with E-state index in [9.17, 15) is 15.1 Å². The minimum Gasteiger partial charge on any atom is -0.618 e. The molecule has 0 spiro atoms. The minimum atomic E-state index is -1.08. The van der Waals surface area contributed by atoms with Crippen LogP contribution >= 0.6 is 11.5 Å². The summed E-state index contributed by atoms with van der Waals surface area (Å²) in [6.07, 6.45) is 4.98. The van der Waals surface area contributed by atoms with Gasteiger partial charge < -0.3 is 30.0 Å². The molecule has 0 bridgehead atoms. The Labute approximate surface area is 297 Å². The Kier molecular flexibility index (Phi) is 11.5. The monoisotopic (exact) mass is 690 g/mol. The summed E-state index contributed by atoms with van der Waals surface area (Å²) >= 11 is 1.50. The maximum Gasteiger partial charge on any atom is 0.251 e. The van der Waals surface area contributed by atoms with Crippen molar-refractivity contribution in [3.05, 3.63) is 135 Å². The molecule has 2 N–H and O–H groups in total. The van der Waals surface area contributed by atoms with E-state index in [0.717, 1.165) is 58.1 Å². The van der Waals surface area contributed by atoms with Gasteiger partial charge in [-0.05, 0) is 108 Å². The van der Waals surface area contributed by atoms with Crippen molar-refractivity contribution in [2.24, 2.45) is 0 Å². The predicted molar refractivity (Wildman–Crippen MR) is 198 cm³/mol. The van der Waals surface area contributed by atoms with Crippen LogP contribution in [0.25, 0.3) is 17.2 Å². The third kappa shape index (κ3) is 8.76. The Bertz CT molecular complexity index is 1920. The number of unbranched alkanes of at least 4 members (excludes halogenated alkanes) is 1. The van der Waals surface area contributed by atoms with Crippen LogP contribution < -0.4 is 19.7 Å². The van der Waals surface area contributed by atoms with E-state index in [1.165, 1.54) is 17.7 Å². The molecule has 3 aromatic carbocycles. The number of aliphatic hydroxyl groups excluding tert-OH is 1. The molecule has 0 radical (unpaired) electrons. The van der Waals surface area contributed by atoms with Crippen LogP contribution in [0.15, 0.2) is 103 Å². The molecule has 3 heterocycles. The van der Waals surface area contributed by atoms with Crippen LogP contribution in [-0.4, -0.2) is 41.8 Å². The van der Waals surface area contributed by atoms with Crippen LogP contribution in [-0.2, 0) is 16.1 Å². The fraction of sp³-hybridized carbons (Fsp3) is 0.275. The Morgan fingerprint density at radius 2 is 1.82 bits per heavy atom. The molecule has 1 amide bonds. The van der Waals surface area contributed by atoms with Gasteiger partial charge in [0.1, 0.15) is 12.4 Å². The number of anilines is 2. The van der Waals surface area contributed by atoms with E-state index in [1.807, 2.05) is 25.1 Å². The molecule has 0 fully saturated rings. The average Bonchev–Trinajstić information content (AvgIpc) is 3.46. The van der Waals surface area contributed by atoms with E-state index in [-0.39, 0.29) is 11.6 Å². The maximum atomic E-state index is 13.7. The molecule has 1 atom stereocenters. The highest BCUT2D eigenvalue weighted by Gasteiger charge is 2.22. The number of hydrogen-bond acceptors (Lipinski definition) is 8. The second-order valence-electron chi connectivity index (χ2n) is 12.3. The quantitative estimate of drug-likeness (QED) is 0.0707. The molecule has 9 nitrogen and oxygen atoms in total. The normalized spacial score (nSPS) is 13.3. The van der Waals surface area contributed by atoms with Crippen molar-refractivity contribution in [2.75, 3.05) is 36.6 Å². The van der Waals surface area contributed by atoms with E-state index in [4.69, 9.17) is 9.47 Å². The second-order valence-corrected chi connectivity index (χ2v) is 13.2. The van der Waals surface area contributed by atoms with E-state index in [1.54, 1.807) is 42.5 Å². The molecule has 0 saturated carbocycles. The van der Waals surface area contributed by atoms with Crippen LogP contribution in [0.5, 0.6) is 5.75 Å². The van der Waals surface area contributed by atoms with Crippen molar-refractivity contribution in [3.8, 4) is 16.9 Å². The van der Waals surface area contributed by atoms with Gasteiger partial charge in [-0.3, -0.25) is 4.79 Å². The lowest BCUT2D eigenvalue weighted by atomic mass is 10.00. The molecule has 6 rings (SSSR count).